The molecule has 0 saturated carbocycles. The molecule has 3 heteroatoms. The van der Waals surface area contributed by atoms with Gasteiger partial charge in [-0.15, -0.1) is 0 Å². The van der Waals surface area contributed by atoms with Crippen LogP contribution in [0.25, 0.3) is 0 Å². The largest absolute Gasteiger partial charge is 0.493 e. The molecule has 2 aromatic rings. The smallest absolute Gasteiger partial charge is 0.119 e. The number of halogens is 1. The summed E-state index contributed by atoms with van der Waals surface area (Å²) < 4.78 is 5.78. The molecular formula is C16H18ClNO. The fraction of sp³-hybridized carbons (Fsp3) is 0.250. The molecule has 0 bridgehead atoms. The third-order valence-electron chi connectivity index (χ3n) is 3.10. The number of hydrogen-bond acceptors (Lipinski definition) is 2. The van der Waals surface area contributed by atoms with Crippen molar-refractivity contribution >= 4 is 11.6 Å². The summed E-state index contributed by atoms with van der Waals surface area (Å²) in [5, 5.41) is 0.741. The number of benzene rings is 2. The first kappa shape index (κ1) is 13.9. The normalized spacial score (nSPS) is 12.2. The fourth-order valence-corrected chi connectivity index (χ4v) is 2.21. The Kier molecular flexibility index (Phi) is 4.83. The molecule has 0 saturated heterocycles. The summed E-state index contributed by atoms with van der Waals surface area (Å²) in [6.45, 7) is 3.09. The Morgan fingerprint density at radius 2 is 1.79 bits per heavy atom. The molecule has 0 aliphatic rings. The van der Waals surface area contributed by atoms with Crippen molar-refractivity contribution in [1.82, 2.24) is 0 Å². The average molecular weight is 276 g/mol. The third kappa shape index (κ3) is 3.72. The number of rotatable bonds is 5. The number of hydrogen-bond donors (Lipinski definition) is 1. The highest BCUT2D eigenvalue weighted by Gasteiger charge is 2.13. The van der Waals surface area contributed by atoms with Gasteiger partial charge in [-0.05, 0) is 30.7 Å². The van der Waals surface area contributed by atoms with Crippen molar-refractivity contribution in [3.63, 3.8) is 0 Å². The molecule has 0 spiro atoms. The summed E-state index contributed by atoms with van der Waals surface area (Å²) in [5.41, 5.74) is 8.08. The van der Waals surface area contributed by atoms with Crippen LogP contribution in [0.4, 0.5) is 0 Å². The summed E-state index contributed by atoms with van der Waals surface area (Å²) in [4.78, 5) is 0. The van der Waals surface area contributed by atoms with Gasteiger partial charge in [-0.25, -0.2) is 0 Å². The Balaban J connectivity index is 2.04. The average Bonchev–Trinajstić information content (AvgIpc) is 2.43. The Morgan fingerprint density at radius 1 is 1.11 bits per heavy atom. The minimum atomic E-state index is 0.106. The summed E-state index contributed by atoms with van der Waals surface area (Å²) >= 11 is 6.19. The molecule has 2 nitrogen and oxygen atoms in total. The minimum Gasteiger partial charge on any atom is -0.493 e. The lowest BCUT2D eigenvalue weighted by Gasteiger charge is -2.17. The molecule has 0 aliphatic carbocycles. The van der Waals surface area contributed by atoms with Crippen LogP contribution in [0, 0.1) is 6.92 Å². The van der Waals surface area contributed by atoms with Crippen molar-refractivity contribution in [1.29, 1.82) is 0 Å². The predicted octanol–water partition coefficient (Wildman–Crippen LogP) is 3.77. The first-order chi connectivity index (χ1) is 9.20. The van der Waals surface area contributed by atoms with E-state index in [0.717, 1.165) is 16.3 Å². The van der Waals surface area contributed by atoms with Gasteiger partial charge < -0.3 is 10.5 Å². The maximum Gasteiger partial charge on any atom is 0.119 e. The zero-order valence-corrected chi connectivity index (χ0v) is 11.7. The van der Waals surface area contributed by atoms with Crippen molar-refractivity contribution < 1.29 is 4.74 Å². The monoisotopic (exact) mass is 275 g/mol. The molecule has 19 heavy (non-hydrogen) atoms. The minimum absolute atomic E-state index is 0.106. The van der Waals surface area contributed by atoms with E-state index in [-0.39, 0.29) is 5.92 Å². The van der Waals surface area contributed by atoms with Gasteiger partial charge in [0.15, 0.2) is 0 Å². The zero-order valence-electron chi connectivity index (χ0n) is 11.0. The van der Waals surface area contributed by atoms with Crippen LogP contribution >= 0.6 is 11.6 Å². The number of aryl methyl sites for hydroxylation is 1. The summed E-state index contributed by atoms with van der Waals surface area (Å²) in [6.07, 6.45) is 0. The molecule has 1 atom stereocenters. The Labute approximate surface area is 119 Å². The topological polar surface area (TPSA) is 35.2 Å². The highest BCUT2D eigenvalue weighted by Crippen LogP contribution is 2.24. The van der Waals surface area contributed by atoms with Crippen molar-refractivity contribution in [3.8, 4) is 5.75 Å². The van der Waals surface area contributed by atoms with Crippen molar-refractivity contribution in [2.75, 3.05) is 13.2 Å². The van der Waals surface area contributed by atoms with E-state index < -0.39 is 0 Å². The molecule has 1 unspecified atom stereocenters. The van der Waals surface area contributed by atoms with Gasteiger partial charge in [0, 0.05) is 17.5 Å². The first-order valence-electron chi connectivity index (χ1n) is 6.34. The van der Waals surface area contributed by atoms with E-state index >= 15 is 0 Å². The van der Waals surface area contributed by atoms with Crippen molar-refractivity contribution in [2.45, 2.75) is 12.8 Å². The van der Waals surface area contributed by atoms with Gasteiger partial charge in [-0.2, -0.15) is 0 Å². The molecule has 2 rings (SSSR count). The molecule has 0 fully saturated rings. The van der Waals surface area contributed by atoms with Crippen LogP contribution in [0.3, 0.4) is 0 Å². The van der Waals surface area contributed by atoms with E-state index in [1.165, 1.54) is 5.56 Å². The maximum absolute atomic E-state index is 6.19. The summed E-state index contributed by atoms with van der Waals surface area (Å²) in [7, 11) is 0. The van der Waals surface area contributed by atoms with Crippen LogP contribution in [-0.4, -0.2) is 13.2 Å². The maximum atomic E-state index is 6.19. The standard InChI is InChI=1S/C16H18ClNO/c1-12-6-8-14(9-7-12)19-11-13(10-18)15-4-2-3-5-16(15)17/h2-9,13H,10-11,18H2,1H3. The second-order valence-electron chi connectivity index (χ2n) is 4.58. The molecule has 2 aromatic carbocycles. The van der Waals surface area contributed by atoms with Crippen LogP contribution in [0.5, 0.6) is 5.75 Å². The highest BCUT2D eigenvalue weighted by atomic mass is 35.5. The first-order valence-corrected chi connectivity index (χ1v) is 6.72. The number of ether oxygens (including phenoxy) is 1. The van der Waals surface area contributed by atoms with Gasteiger partial charge in [-0.3, -0.25) is 0 Å². The van der Waals surface area contributed by atoms with Crippen molar-refractivity contribution in [2.24, 2.45) is 5.73 Å². The van der Waals surface area contributed by atoms with Gasteiger partial charge in [0.05, 0.1) is 6.61 Å². The van der Waals surface area contributed by atoms with Gasteiger partial charge in [0.1, 0.15) is 5.75 Å². The molecule has 0 aromatic heterocycles. The molecule has 0 radical (unpaired) electrons. The second-order valence-corrected chi connectivity index (χ2v) is 4.99. The van der Waals surface area contributed by atoms with Gasteiger partial charge in [0.25, 0.3) is 0 Å². The third-order valence-corrected chi connectivity index (χ3v) is 3.45. The van der Waals surface area contributed by atoms with Crippen LogP contribution in [0.15, 0.2) is 48.5 Å². The van der Waals surface area contributed by atoms with Crippen LogP contribution in [-0.2, 0) is 0 Å². The van der Waals surface area contributed by atoms with E-state index in [0.29, 0.717) is 13.2 Å². The predicted molar refractivity (Wildman–Crippen MR) is 79.9 cm³/mol. The van der Waals surface area contributed by atoms with Gasteiger partial charge >= 0.3 is 0 Å². The van der Waals surface area contributed by atoms with Crippen molar-refractivity contribution in [3.05, 3.63) is 64.7 Å². The Bertz CT molecular complexity index is 525. The van der Waals surface area contributed by atoms with E-state index in [4.69, 9.17) is 22.1 Å². The molecule has 0 heterocycles. The Hall–Kier alpha value is -1.51. The summed E-state index contributed by atoms with van der Waals surface area (Å²) in [6, 6.07) is 15.8. The van der Waals surface area contributed by atoms with E-state index in [2.05, 4.69) is 6.92 Å². The zero-order chi connectivity index (χ0) is 13.7. The SMILES string of the molecule is Cc1ccc(OCC(CN)c2ccccc2Cl)cc1. The molecule has 100 valence electrons. The molecule has 0 aliphatic heterocycles. The fourth-order valence-electron chi connectivity index (χ4n) is 1.92. The van der Waals surface area contributed by atoms with Crippen LogP contribution in [0.1, 0.15) is 17.0 Å². The van der Waals surface area contributed by atoms with Gasteiger partial charge in [-0.1, -0.05) is 47.5 Å². The second kappa shape index (κ2) is 6.60. The lowest BCUT2D eigenvalue weighted by atomic mass is 10.0. The number of nitrogens with two attached hydrogens (primary N) is 1. The summed E-state index contributed by atoms with van der Waals surface area (Å²) in [5.74, 6) is 0.964. The molecule has 0 amide bonds. The Morgan fingerprint density at radius 3 is 2.42 bits per heavy atom. The molecular weight excluding hydrogens is 258 g/mol. The van der Waals surface area contributed by atoms with E-state index in [9.17, 15) is 0 Å². The lowest BCUT2D eigenvalue weighted by molar-refractivity contribution is 0.290. The van der Waals surface area contributed by atoms with Gasteiger partial charge in [0.2, 0.25) is 0 Å². The van der Waals surface area contributed by atoms with Crippen LogP contribution < -0.4 is 10.5 Å². The highest BCUT2D eigenvalue weighted by molar-refractivity contribution is 6.31. The quantitative estimate of drug-likeness (QED) is 0.901. The van der Waals surface area contributed by atoms with Crippen LogP contribution in [0.2, 0.25) is 5.02 Å². The van der Waals surface area contributed by atoms with E-state index in [1.54, 1.807) is 0 Å². The van der Waals surface area contributed by atoms with E-state index in [1.807, 2.05) is 48.5 Å². The molecule has 2 N–H and O–H groups in total. The lowest BCUT2D eigenvalue weighted by Crippen LogP contribution is -2.20.